The van der Waals surface area contributed by atoms with Crippen molar-refractivity contribution in [2.45, 2.75) is 6.92 Å². The Morgan fingerprint density at radius 3 is 1.76 bits per heavy atom. The zero-order valence-corrected chi connectivity index (χ0v) is 27.9. The van der Waals surface area contributed by atoms with Gasteiger partial charge in [-0.15, -0.1) is 0 Å². The van der Waals surface area contributed by atoms with Crippen LogP contribution in [0, 0.1) is 6.92 Å². The predicted octanol–water partition coefficient (Wildman–Crippen LogP) is 12.9. The highest BCUT2D eigenvalue weighted by Gasteiger charge is 2.19. The summed E-state index contributed by atoms with van der Waals surface area (Å²) in [6.45, 7) is 6.18. The molecule has 0 spiro atoms. The summed E-state index contributed by atoms with van der Waals surface area (Å²) in [4.78, 5) is 2.36. The van der Waals surface area contributed by atoms with Gasteiger partial charge in [0.2, 0.25) is 0 Å². The fourth-order valence-corrected chi connectivity index (χ4v) is 7.50. The minimum Gasteiger partial charge on any atom is -0.317 e. The van der Waals surface area contributed by atoms with E-state index in [1.54, 1.807) is 0 Å². The van der Waals surface area contributed by atoms with E-state index in [0.717, 1.165) is 28.4 Å². The summed E-state index contributed by atoms with van der Waals surface area (Å²) in [6, 6.07) is 56.8. The van der Waals surface area contributed by atoms with Crippen LogP contribution in [0.2, 0.25) is 0 Å². The van der Waals surface area contributed by atoms with E-state index in [2.05, 4.69) is 198 Å². The summed E-state index contributed by atoms with van der Waals surface area (Å²) in [5.74, 6) is 0. The van der Waals surface area contributed by atoms with E-state index in [0.29, 0.717) is 0 Å². The Balaban J connectivity index is 1.20. The van der Waals surface area contributed by atoms with Crippen molar-refractivity contribution in [3.8, 4) is 11.4 Å². The van der Waals surface area contributed by atoms with Crippen molar-refractivity contribution in [3.05, 3.63) is 194 Å². The molecule has 0 N–H and O–H groups in total. The molecule has 2 heterocycles. The number of rotatable bonds is 7. The lowest BCUT2D eigenvalue weighted by Gasteiger charge is -2.26. The minimum absolute atomic E-state index is 1.10. The van der Waals surface area contributed by atoms with E-state index in [9.17, 15) is 0 Å². The average Bonchev–Trinajstić information content (AvgIpc) is 3.73. The van der Waals surface area contributed by atoms with Gasteiger partial charge >= 0.3 is 0 Å². The summed E-state index contributed by atoms with van der Waals surface area (Å²) < 4.78 is 4.66. The Kier molecular flexibility index (Phi) is 7.18. The van der Waals surface area contributed by atoms with Crippen molar-refractivity contribution in [2.24, 2.45) is 0 Å². The Hall–Kier alpha value is -6.58. The van der Waals surface area contributed by atoms with Crippen LogP contribution in [0.25, 0.3) is 60.8 Å². The first-order chi connectivity index (χ1) is 24.7. The van der Waals surface area contributed by atoms with E-state index in [1.165, 1.54) is 54.6 Å². The van der Waals surface area contributed by atoms with Gasteiger partial charge in [0, 0.05) is 56.7 Å². The first-order valence-electron chi connectivity index (χ1n) is 17.1. The summed E-state index contributed by atoms with van der Waals surface area (Å²) in [6.07, 6.45) is 8.25. The number of hydrogen-bond donors (Lipinski definition) is 0. The highest BCUT2D eigenvalue weighted by Crippen LogP contribution is 2.40. The number of aromatic nitrogens is 2. The van der Waals surface area contributed by atoms with Crippen molar-refractivity contribution in [2.75, 3.05) is 4.90 Å². The van der Waals surface area contributed by atoms with Crippen LogP contribution >= 0.6 is 0 Å². The summed E-state index contributed by atoms with van der Waals surface area (Å²) in [7, 11) is 0. The standard InChI is InChI=1S/C47H35N3/c1-3-4-18-43-33(2)49(46-28-27-45-44(47(43)46)29-30-48(45)38-16-6-5-7-17-38)39-23-25-40(26-24-39)50(41-21-19-34-12-8-10-14-36(34)31-41)42-22-20-35-13-9-11-15-37(35)32-42/h3-32H,1H2,2H3/b18-4-. The third-order valence-electron chi connectivity index (χ3n) is 9.87. The highest BCUT2D eigenvalue weighted by atomic mass is 15.1. The minimum atomic E-state index is 1.10. The van der Waals surface area contributed by atoms with Gasteiger partial charge in [-0.2, -0.15) is 0 Å². The lowest BCUT2D eigenvalue weighted by Crippen LogP contribution is -2.10. The maximum atomic E-state index is 3.96. The predicted molar refractivity (Wildman–Crippen MR) is 214 cm³/mol. The third-order valence-corrected chi connectivity index (χ3v) is 9.87. The molecule has 0 saturated carbocycles. The van der Waals surface area contributed by atoms with Crippen LogP contribution in [0.3, 0.4) is 0 Å². The van der Waals surface area contributed by atoms with Crippen LogP contribution in [0.5, 0.6) is 0 Å². The van der Waals surface area contributed by atoms with Gasteiger partial charge in [0.05, 0.1) is 11.0 Å². The van der Waals surface area contributed by atoms with Crippen LogP contribution in [0.4, 0.5) is 17.1 Å². The molecule has 3 heteroatoms. The van der Waals surface area contributed by atoms with Crippen molar-refractivity contribution in [1.82, 2.24) is 9.13 Å². The molecule has 0 fully saturated rings. The van der Waals surface area contributed by atoms with Crippen LogP contribution < -0.4 is 4.90 Å². The van der Waals surface area contributed by atoms with Gasteiger partial charge in [0.15, 0.2) is 0 Å². The Labute approximate surface area is 291 Å². The number of hydrogen-bond acceptors (Lipinski definition) is 1. The molecule has 50 heavy (non-hydrogen) atoms. The Morgan fingerprint density at radius 1 is 0.540 bits per heavy atom. The molecular weight excluding hydrogens is 607 g/mol. The topological polar surface area (TPSA) is 13.1 Å². The number of fused-ring (bicyclic) bond motifs is 5. The molecular formula is C47H35N3. The second kappa shape index (κ2) is 12.1. The second-order valence-electron chi connectivity index (χ2n) is 12.8. The van der Waals surface area contributed by atoms with Crippen molar-refractivity contribution < 1.29 is 0 Å². The highest BCUT2D eigenvalue weighted by molar-refractivity contribution is 6.11. The first-order valence-corrected chi connectivity index (χ1v) is 17.1. The molecule has 9 aromatic rings. The Morgan fingerprint density at radius 2 is 1.12 bits per heavy atom. The van der Waals surface area contributed by atoms with Gasteiger partial charge in [0.25, 0.3) is 0 Å². The van der Waals surface area contributed by atoms with Gasteiger partial charge in [0.1, 0.15) is 0 Å². The van der Waals surface area contributed by atoms with Gasteiger partial charge in [-0.05, 0) is 107 Å². The molecule has 0 radical (unpaired) electrons. The molecule has 0 aliphatic carbocycles. The van der Waals surface area contributed by atoms with Gasteiger partial charge in [-0.25, -0.2) is 0 Å². The van der Waals surface area contributed by atoms with Crippen molar-refractivity contribution >= 4 is 66.5 Å². The number of benzene rings is 7. The molecule has 0 amide bonds. The van der Waals surface area contributed by atoms with Crippen LogP contribution in [-0.2, 0) is 0 Å². The summed E-state index contributed by atoms with van der Waals surface area (Å²) in [5, 5.41) is 7.37. The molecule has 0 bridgehead atoms. The second-order valence-corrected chi connectivity index (χ2v) is 12.8. The first kappa shape index (κ1) is 29.6. The number of nitrogens with zero attached hydrogens (tertiary/aromatic N) is 3. The lowest BCUT2D eigenvalue weighted by atomic mass is 10.1. The van der Waals surface area contributed by atoms with Gasteiger partial charge in [-0.1, -0.05) is 104 Å². The van der Waals surface area contributed by atoms with E-state index < -0.39 is 0 Å². The molecule has 0 atom stereocenters. The Bertz CT molecular complexity index is 2650. The maximum Gasteiger partial charge on any atom is 0.0545 e. The van der Waals surface area contributed by atoms with Gasteiger partial charge < -0.3 is 14.0 Å². The van der Waals surface area contributed by atoms with Gasteiger partial charge in [-0.3, -0.25) is 0 Å². The molecule has 0 saturated heterocycles. The van der Waals surface area contributed by atoms with Crippen molar-refractivity contribution in [3.63, 3.8) is 0 Å². The molecule has 0 aliphatic heterocycles. The molecule has 0 unspecified atom stereocenters. The SMILES string of the molecule is C=C/C=C\c1c(C)n(-c2ccc(N(c3ccc4ccccc4c3)c3ccc4ccccc4c3)cc2)c2ccc3c(ccn3-c3ccccc3)c12. The van der Waals surface area contributed by atoms with Crippen LogP contribution in [-0.4, -0.2) is 9.13 Å². The third kappa shape index (κ3) is 4.91. The quantitative estimate of drug-likeness (QED) is 0.158. The van der Waals surface area contributed by atoms with Crippen molar-refractivity contribution in [1.29, 1.82) is 0 Å². The molecule has 2 aromatic heterocycles. The smallest absolute Gasteiger partial charge is 0.0545 e. The fourth-order valence-electron chi connectivity index (χ4n) is 7.50. The van der Waals surface area contributed by atoms with E-state index in [-0.39, 0.29) is 0 Å². The van der Waals surface area contributed by atoms with E-state index in [1.807, 2.05) is 12.2 Å². The van der Waals surface area contributed by atoms with Crippen LogP contribution in [0.15, 0.2) is 183 Å². The average molecular weight is 642 g/mol. The largest absolute Gasteiger partial charge is 0.317 e. The van der Waals surface area contributed by atoms with Crippen LogP contribution in [0.1, 0.15) is 11.3 Å². The summed E-state index contributed by atoms with van der Waals surface area (Å²) in [5.41, 5.74) is 10.4. The number of para-hydroxylation sites is 1. The molecule has 0 aliphatic rings. The zero-order valence-electron chi connectivity index (χ0n) is 27.9. The monoisotopic (exact) mass is 641 g/mol. The summed E-state index contributed by atoms with van der Waals surface area (Å²) >= 11 is 0. The molecule has 3 nitrogen and oxygen atoms in total. The number of allylic oxidation sites excluding steroid dienone is 2. The number of anilines is 3. The molecule has 7 aromatic carbocycles. The molecule has 9 rings (SSSR count). The maximum absolute atomic E-state index is 3.96. The van der Waals surface area contributed by atoms with E-state index in [4.69, 9.17) is 0 Å². The van der Waals surface area contributed by atoms with E-state index >= 15 is 0 Å². The normalized spacial score (nSPS) is 11.7. The fraction of sp³-hybridized carbons (Fsp3) is 0.0213. The zero-order chi connectivity index (χ0) is 33.6. The molecule has 238 valence electrons. The lowest BCUT2D eigenvalue weighted by molar-refractivity contribution is 1.05.